The van der Waals surface area contributed by atoms with Crippen LogP contribution in [0.4, 0.5) is 23.1 Å². The van der Waals surface area contributed by atoms with Crippen molar-refractivity contribution in [2.45, 2.75) is 37.8 Å². The highest BCUT2D eigenvalue weighted by Crippen LogP contribution is 2.38. The molecule has 12 heteroatoms. The van der Waals surface area contributed by atoms with Crippen molar-refractivity contribution < 1.29 is 14.6 Å². The van der Waals surface area contributed by atoms with Crippen LogP contribution in [0.1, 0.15) is 24.0 Å². The number of fused-ring (bicyclic) bond motifs is 1. The summed E-state index contributed by atoms with van der Waals surface area (Å²) >= 11 is 6.57. The van der Waals surface area contributed by atoms with Gasteiger partial charge < -0.3 is 29.8 Å². The largest absolute Gasteiger partial charge is 0.494 e. The second-order valence-corrected chi connectivity index (χ2v) is 12.4. The number of hydrogen-bond acceptors (Lipinski definition) is 10. The van der Waals surface area contributed by atoms with Crippen LogP contribution in [0.3, 0.4) is 0 Å². The molecule has 11 nitrogen and oxygen atoms in total. The van der Waals surface area contributed by atoms with E-state index in [1.54, 1.807) is 26.6 Å². The van der Waals surface area contributed by atoms with E-state index in [1.807, 2.05) is 42.1 Å². The van der Waals surface area contributed by atoms with Crippen molar-refractivity contribution in [3.63, 3.8) is 0 Å². The van der Waals surface area contributed by atoms with Gasteiger partial charge in [0.25, 0.3) is 0 Å². The van der Waals surface area contributed by atoms with Crippen molar-refractivity contribution in [2.75, 3.05) is 64.2 Å². The summed E-state index contributed by atoms with van der Waals surface area (Å²) in [5, 5.41) is 17.3. The van der Waals surface area contributed by atoms with Gasteiger partial charge in [-0.25, -0.2) is 9.97 Å². The van der Waals surface area contributed by atoms with E-state index in [1.165, 1.54) is 11.1 Å². The van der Waals surface area contributed by atoms with Gasteiger partial charge in [0.15, 0.2) is 5.82 Å². The Morgan fingerprint density at radius 1 is 1.04 bits per heavy atom. The van der Waals surface area contributed by atoms with Gasteiger partial charge in [-0.15, -0.1) is 0 Å². The number of hydrogen-bond donors (Lipinski definition) is 3. The zero-order chi connectivity index (χ0) is 32.0. The Morgan fingerprint density at radius 3 is 2.63 bits per heavy atom. The monoisotopic (exact) mass is 646 g/mol. The van der Waals surface area contributed by atoms with Crippen molar-refractivity contribution >= 4 is 34.7 Å². The van der Waals surface area contributed by atoms with E-state index in [9.17, 15) is 5.11 Å². The number of aliphatic hydroxyl groups is 1. The number of ether oxygens (including phenoxy) is 2. The molecular weight excluding hydrogens is 604 g/mol. The minimum Gasteiger partial charge on any atom is -0.494 e. The number of aryl methyl sites for hydroxylation is 1. The van der Waals surface area contributed by atoms with Crippen LogP contribution in [0.5, 0.6) is 5.75 Å². The molecule has 1 aliphatic carbocycles. The number of anilines is 4. The van der Waals surface area contributed by atoms with Crippen molar-refractivity contribution in [1.82, 2.24) is 29.3 Å². The average Bonchev–Trinajstić information content (AvgIpc) is 3.36. The molecule has 0 radical (unpaired) electrons. The zero-order valence-corrected chi connectivity index (χ0v) is 27.5. The molecule has 2 aromatic carbocycles. The van der Waals surface area contributed by atoms with Gasteiger partial charge in [0, 0.05) is 70.9 Å². The number of β-amino-alcohol motifs (C(OH)–C–C–N with tert-alkyl or cyclic N) is 1. The van der Waals surface area contributed by atoms with E-state index in [0.717, 1.165) is 80.4 Å². The third-order valence-corrected chi connectivity index (χ3v) is 9.24. The summed E-state index contributed by atoms with van der Waals surface area (Å²) < 4.78 is 13.1. The number of rotatable bonds is 11. The Kier molecular flexibility index (Phi) is 10.4. The molecule has 0 bridgehead atoms. The maximum atomic E-state index is 10.1. The number of aromatic nitrogens is 4. The highest BCUT2D eigenvalue weighted by atomic mass is 35.5. The van der Waals surface area contributed by atoms with Gasteiger partial charge in [-0.05, 0) is 55.0 Å². The van der Waals surface area contributed by atoms with Crippen LogP contribution >= 0.6 is 11.6 Å². The summed E-state index contributed by atoms with van der Waals surface area (Å²) in [5.74, 6) is 2.58. The lowest BCUT2D eigenvalue weighted by molar-refractivity contribution is 0.0174. The van der Waals surface area contributed by atoms with Crippen LogP contribution in [0.15, 0.2) is 55.0 Å². The molecule has 1 unspecified atom stereocenters. The number of aliphatic hydroxyl groups excluding tert-OH is 1. The first-order chi connectivity index (χ1) is 22.4. The second kappa shape index (κ2) is 14.8. The Labute approximate surface area is 275 Å². The third kappa shape index (κ3) is 7.29. The molecule has 46 heavy (non-hydrogen) atoms. The highest BCUT2D eigenvalue weighted by molar-refractivity contribution is 6.33. The zero-order valence-electron chi connectivity index (χ0n) is 26.7. The number of nitrogens with zero attached hydrogens (tertiary/aromatic N) is 6. The van der Waals surface area contributed by atoms with E-state index >= 15 is 0 Å². The number of para-hydroxylation sites is 1. The summed E-state index contributed by atoms with van der Waals surface area (Å²) in [6.45, 7) is 4.97. The fourth-order valence-electron chi connectivity index (χ4n) is 6.68. The van der Waals surface area contributed by atoms with Crippen LogP contribution in [0.2, 0.25) is 5.02 Å². The first-order valence-electron chi connectivity index (χ1n) is 15.9. The minimum atomic E-state index is -0.438. The van der Waals surface area contributed by atoms with Gasteiger partial charge in [0.2, 0.25) is 5.95 Å². The molecule has 4 aromatic rings. The van der Waals surface area contributed by atoms with Crippen molar-refractivity contribution in [3.8, 4) is 17.1 Å². The number of imidazole rings is 1. The average molecular weight is 647 g/mol. The van der Waals surface area contributed by atoms with E-state index in [4.69, 9.17) is 26.1 Å². The Morgan fingerprint density at radius 2 is 1.87 bits per heavy atom. The van der Waals surface area contributed by atoms with Crippen molar-refractivity contribution in [3.05, 3.63) is 71.1 Å². The smallest absolute Gasteiger partial charge is 0.229 e. The quantitative estimate of drug-likeness (QED) is 0.195. The number of benzene rings is 2. The molecule has 3 heterocycles. The lowest BCUT2D eigenvalue weighted by atomic mass is 9.98. The molecule has 6 rings (SSSR count). The van der Waals surface area contributed by atoms with Gasteiger partial charge in [0.1, 0.15) is 16.6 Å². The lowest BCUT2D eigenvalue weighted by Crippen LogP contribution is -2.52. The summed E-state index contributed by atoms with van der Waals surface area (Å²) in [6, 6.07) is 12.7. The maximum Gasteiger partial charge on any atom is 0.229 e. The van der Waals surface area contributed by atoms with Gasteiger partial charge >= 0.3 is 0 Å². The number of methoxy groups -OCH3 is 2. The SMILES string of the molecule is COC[C@@H](O)CN1CCN(C2CCCc3c(ccc(Nc4ncc(Cl)c(Nc5ccccc5-c5nccn5C)n4)c3OC)C2)CC1. The Hall–Kier alpha value is -3.74. The first-order valence-corrected chi connectivity index (χ1v) is 16.3. The third-order valence-electron chi connectivity index (χ3n) is 8.97. The standard InChI is InChI=1S/C34H43ClN8O3/c1-41-14-13-36-33(41)27-8-4-5-10-29(27)38-32-28(35)20-37-34(40-32)39-30-12-11-23-19-24(7-6-9-26(23)31(30)46-3)43-17-15-42(16-18-43)21-25(44)22-45-2/h4-5,8,10-14,20,24-25,44H,6-7,9,15-19,21-22H2,1-3H3,(H2,37,38,39,40)/t24?,25-/m0/s1. The van der Waals surface area contributed by atoms with Crippen LogP contribution in [0, 0.1) is 0 Å². The first kappa shape index (κ1) is 32.2. The van der Waals surface area contributed by atoms with E-state index in [-0.39, 0.29) is 0 Å². The molecule has 1 saturated heterocycles. The number of piperazine rings is 1. The molecule has 1 fully saturated rings. The second-order valence-electron chi connectivity index (χ2n) is 12.0. The summed E-state index contributed by atoms with van der Waals surface area (Å²) in [4.78, 5) is 18.7. The topological polar surface area (TPSA) is 113 Å². The van der Waals surface area contributed by atoms with Gasteiger partial charge in [-0.2, -0.15) is 4.98 Å². The fourth-order valence-corrected chi connectivity index (χ4v) is 6.82. The maximum absolute atomic E-state index is 10.1. The molecule has 0 amide bonds. The molecule has 1 aliphatic heterocycles. The molecule has 3 N–H and O–H groups in total. The molecule has 0 saturated carbocycles. The van der Waals surface area contributed by atoms with E-state index < -0.39 is 6.10 Å². The number of halogens is 1. The van der Waals surface area contributed by atoms with Crippen LogP contribution < -0.4 is 15.4 Å². The Balaban J connectivity index is 1.16. The predicted molar refractivity (Wildman–Crippen MR) is 182 cm³/mol. The van der Waals surface area contributed by atoms with Crippen molar-refractivity contribution in [2.24, 2.45) is 7.05 Å². The van der Waals surface area contributed by atoms with Gasteiger partial charge in [-0.3, -0.25) is 9.80 Å². The molecular formula is C34H43ClN8O3. The van der Waals surface area contributed by atoms with Crippen LogP contribution in [-0.2, 0) is 24.6 Å². The fraction of sp³-hybridized carbons (Fsp3) is 0.441. The molecule has 2 aromatic heterocycles. The predicted octanol–water partition coefficient (Wildman–Crippen LogP) is 4.90. The summed E-state index contributed by atoms with van der Waals surface area (Å²) in [5.41, 5.74) is 5.17. The molecule has 0 spiro atoms. The number of nitrogens with one attached hydrogen (secondary N) is 2. The van der Waals surface area contributed by atoms with E-state index in [2.05, 4.69) is 42.5 Å². The summed E-state index contributed by atoms with van der Waals surface area (Å²) in [7, 11) is 5.32. The normalized spacial score (nSPS) is 18.1. The van der Waals surface area contributed by atoms with Gasteiger partial charge in [-0.1, -0.05) is 29.8 Å². The highest BCUT2D eigenvalue weighted by Gasteiger charge is 2.28. The minimum absolute atomic E-state index is 0.377. The van der Waals surface area contributed by atoms with E-state index in [0.29, 0.717) is 36.0 Å². The molecule has 244 valence electrons. The Bertz CT molecular complexity index is 1620. The van der Waals surface area contributed by atoms with Crippen LogP contribution in [-0.4, -0.2) is 100 Å². The van der Waals surface area contributed by atoms with Gasteiger partial charge in [0.05, 0.1) is 37.4 Å². The lowest BCUT2D eigenvalue weighted by Gasteiger charge is -2.39. The van der Waals surface area contributed by atoms with Crippen LogP contribution in [0.25, 0.3) is 11.4 Å². The molecule has 2 atom stereocenters. The molecule has 2 aliphatic rings. The van der Waals surface area contributed by atoms with Crippen molar-refractivity contribution in [1.29, 1.82) is 0 Å². The summed E-state index contributed by atoms with van der Waals surface area (Å²) in [6.07, 6.45) is 9.02.